The van der Waals surface area contributed by atoms with E-state index in [1.165, 1.54) is 6.21 Å². The number of carbonyl (C=O) groups excluding carboxylic acids is 2. The topological polar surface area (TPSA) is 77.0 Å². The number of hydrogen-bond donors (Lipinski definition) is 1. The van der Waals surface area contributed by atoms with Crippen molar-refractivity contribution in [1.29, 1.82) is 0 Å². The van der Waals surface area contributed by atoms with Crippen LogP contribution in [0.5, 0.6) is 11.5 Å². The van der Waals surface area contributed by atoms with Crippen LogP contribution in [0, 0.1) is 6.92 Å². The maximum Gasteiger partial charge on any atom is 0.345 e. The quantitative estimate of drug-likeness (QED) is 0.165. The van der Waals surface area contributed by atoms with Gasteiger partial charge in [0.1, 0.15) is 11.5 Å². The maximum absolute atomic E-state index is 12.7. The molecule has 0 aliphatic heterocycles. The lowest BCUT2D eigenvalue weighted by atomic mass is 10.0. The molecule has 0 spiro atoms. The normalized spacial score (nSPS) is 10.9. The highest BCUT2D eigenvalue weighted by Gasteiger charge is 2.16. The molecular weight excluding hydrogens is 452 g/mol. The molecule has 4 rings (SSSR count). The molecular formula is C27H21ClN2O4. The number of aryl methyl sites for hydroxylation is 1. The summed E-state index contributed by atoms with van der Waals surface area (Å²) >= 11 is 6.14. The predicted octanol–water partition coefficient (Wildman–Crippen LogP) is 5.55. The summed E-state index contributed by atoms with van der Waals surface area (Å²) in [4.78, 5) is 24.9. The molecule has 0 heterocycles. The zero-order valence-electron chi connectivity index (χ0n) is 18.3. The molecule has 0 radical (unpaired) electrons. The SMILES string of the molecule is Cc1ccccc1OCC(=O)NN=Cc1c(OC(=O)c2ccccc2Cl)ccc2ccccc12. The van der Waals surface area contributed by atoms with Crippen LogP contribution in [0.15, 0.2) is 90.0 Å². The molecule has 0 aliphatic rings. The molecule has 34 heavy (non-hydrogen) atoms. The molecule has 0 saturated heterocycles. The van der Waals surface area contributed by atoms with Crippen LogP contribution >= 0.6 is 11.6 Å². The number of carbonyl (C=O) groups is 2. The van der Waals surface area contributed by atoms with Crippen LogP contribution in [-0.4, -0.2) is 24.7 Å². The van der Waals surface area contributed by atoms with Crippen LogP contribution in [0.25, 0.3) is 10.8 Å². The smallest absolute Gasteiger partial charge is 0.345 e. The molecule has 4 aromatic carbocycles. The van der Waals surface area contributed by atoms with Crippen LogP contribution in [0.1, 0.15) is 21.5 Å². The summed E-state index contributed by atoms with van der Waals surface area (Å²) < 4.78 is 11.2. The zero-order valence-corrected chi connectivity index (χ0v) is 19.1. The van der Waals surface area contributed by atoms with E-state index >= 15 is 0 Å². The number of amides is 1. The van der Waals surface area contributed by atoms with E-state index in [4.69, 9.17) is 21.1 Å². The lowest BCUT2D eigenvalue weighted by Crippen LogP contribution is -2.24. The Morgan fingerprint density at radius 2 is 1.65 bits per heavy atom. The van der Waals surface area contributed by atoms with Gasteiger partial charge in [0.15, 0.2) is 6.61 Å². The monoisotopic (exact) mass is 472 g/mol. The van der Waals surface area contributed by atoms with Gasteiger partial charge in [-0.1, -0.05) is 72.3 Å². The number of fused-ring (bicyclic) bond motifs is 1. The van der Waals surface area contributed by atoms with E-state index in [2.05, 4.69) is 10.5 Å². The van der Waals surface area contributed by atoms with Gasteiger partial charge in [0.2, 0.25) is 0 Å². The minimum atomic E-state index is -0.591. The summed E-state index contributed by atoms with van der Waals surface area (Å²) in [5, 5.41) is 6.09. The molecule has 170 valence electrons. The van der Waals surface area contributed by atoms with E-state index < -0.39 is 11.9 Å². The van der Waals surface area contributed by atoms with Crippen molar-refractivity contribution in [1.82, 2.24) is 5.43 Å². The molecule has 4 aromatic rings. The number of nitrogens with one attached hydrogen (secondary N) is 1. The summed E-state index contributed by atoms with van der Waals surface area (Å²) in [7, 11) is 0. The van der Waals surface area contributed by atoms with Gasteiger partial charge in [0, 0.05) is 5.56 Å². The van der Waals surface area contributed by atoms with Crippen LogP contribution in [0.3, 0.4) is 0 Å². The Balaban J connectivity index is 1.53. The van der Waals surface area contributed by atoms with Crippen molar-refractivity contribution in [2.24, 2.45) is 5.10 Å². The maximum atomic E-state index is 12.7. The summed E-state index contributed by atoms with van der Waals surface area (Å²) in [5.41, 5.74) is 4.17. The molecule has 0 saturated carbocycles. The molecule has 0 unspecified atom stereocenters. The fraction of sp³-hybridized carbons (Fsp3) is 0.0741. The van der Waals surface area contributed by atoms with Gasteiger partial charge in [-0.2, -0.15) is 5.10 Å². The molecule has 0 bridgehead atoms. The number of para-hydroxylation sites is 1. The Bertz CT molecular complexity index is 1380. The predicted molar refractivity (Wildman–Crippen MR) is 133 cm³/mol. The fourth-order valence-electron chi connectivity index (χ4n) is 3.34. The van der Waals surface area contributed by atoms with Crippen molar-refractivity contribution in [3.05, 3.63) is 107 Å². The number of benzene rings is 4. The van der Waals surface area contributed by atoms with Gasteiger partial charge in [0.05, 0.1) is 16.8 Å². The number of ether oxygens (including phenoxy) is 2. The Morgan fingerprint density at radius 1 is 0.912 bits per heavy atom. The number of rotatable bonds is 7. The lowest BCUT2D eigenvalue weighted by Gasteiger charge is -2.11. The average molecular weight is 473 g/mol. The molecule has 0 aliphatic carbocycles. The molecule has 6 nitrogen and oxygen atoms in total. The fourth-order valence-corrected chi connectivity index (χ4v) is 3.56. The highest BCUT2D eigenvalue weighted by Crippen LogP contribution is 2.28. The molecule has 0 aromatic heterocycles. The third kappa shape index (κ3) is 5.42. The molecule has 0 atom stereocenters. The third-order valence-electron chi connectivity index (χ3n) is 5.06. The number of nitrogens with zero attached hydrogens (tertiary/aromatic N) is 1. The standard InChI is InChI=1S/C27H21ClN2O4/c1-18-8-2-7-13-24(18)33-17-26(31)30-29-16-22-20-10-4-3-9-19(20)14-15-25(22)34-27(32)21-11-5-6-12-23(21)28/h2-16H,17H2,1H3,(H,30,31). The van der Waals surface area contributed by atoms with Gasteiger partial charge < -0.3 is 9.47 Å². The summed E-state index contributed by atoms with van der Waals surface area (Å²) in [6, 6.07) is 25.2. The highest BCUT2D eigenvalue weighted by molar-refractivity contribution is 6.33. The van der Waals surface area contributed by atoms with Gasteiger partial charge in [-0.25, -0.2) is 10.2 Å². The van der Waals surface area contributed by atoms with Crippen molar-refractivity contribution in [2.45, 2.75) is 6.92 Å². The lowest BCUT2D eigenvalue weighted by molar-refractivity contribution is -0.123. The van der Waals surface area contributed by atoms with Crippen molar-refractivity contribution in [2.75, 3.05) is 6.61 Å². The van der Waals surface area contributed by atoms with Gasteiger partial charge in [-0.05, 0) is 47.5 Å². The summed E-state index contributed by atoms with van der Waals surface area (Å²) in [6.07, 6.45) is 1.45. The van der Waals surface area contributed by atoms with Crippen LogP contribution < -0.4 is 14.9 Å². The van der Waals surface area contributed by atoms with Crippen molar-refractivity contribution < 1.29 is 19.1 Å². The molecule has 1 N–H and O–H groups in total. The Hall–Kier alpha value is -4.16. The van der Waals surface area contributed by atoms with E-state index in [0.717, 1.165) is 16.3 Å². The minimum absolute atomic E-state index is 0.188. The Morgan fingerprint density at radius 3 is 2.47 bits per heavy atom. The average Bonchev–Trinajstić information content (AvgIpc) is 2.85. The first-order valence-corrected chi connectivity index (χ1v) is 10.9. The van der Waals surface area contributed by atoms with Gasteiger partial charge in [0.25, 0.3) is 5.91 Å². The third-order valence-corrected chi connectivity index (χ3v) is 5.39. The van der Waals surface area contributed by atoms with E-state index in [1.54, 1.807) is 36.4 Å². The first-order chi connectivity index (χ1) is 16.5. The van der Waals surface area contributed by atoms with Crippen molar-refractivity contribution in [3.8, 4) is 11.5 Å². The summed E-state index contributed by atoms with van der Waals surface area (Å²) in [5.74, 6) is -0.0946. The van der Waals surface area contributed by atoms with Gasteiger partial charge in [-0.3, -0.25) is 4.79 Å². The number of halogens is 1. The van der Waals surface area contributed by atoms with E-state index in [0.29, 0.717) is 16.3 Å². The molecule has 0 fully saturated rings. The van der Waals surface area contributed by atoms with Crippen LogP contribution in [0.2, 0.25) is 5.02 Å². The second-order valence-corrected chi connectivity index (χ2v) is 7.82. The number of esters is 1. The largest absolute Gasteiger partial charge is 0.483 e. The van der Waals surface area contributed by atoms with E-state index in [1.807, 2.05) is 55.5 Å². The first-order valence-electron chi connectivity index (χ1n) is 10.5. The minimum Gasteiger partial charge on any atom is -0.483 e. The van der Waals surface area contributed by atoms with E-state index in [-0.39, 0.29) is 17.9 Å². The molecule has 7 heteroatoms. The number of hydrazone groups is 1. The number of hydrogen-bond acceptors (Lipinski definition) is 5. The highest BCUT2D eigenvalue weighted by atomic mass is 35.5. The Labute approximate surface area is 201 Å². The van der Waals surface area contributed by atoms with Crippen molar-refractivity contribution in [3.63, 3.8) is 0 Å². The Kier molecular flexibility index (Phi) is 7.20. The summed E-state index contributed by atoms with van der Waals surface area (Å²) in [6.45, 7) is 1.71. The zero-order chi connectivity index (χ0) is 23.9. The van der Waals surface area contributed by atoms with Crippen molar-refractivity contribution >= 4 is 40.5 Å². The van der Waals surface area contributed by atoms with Gasteiger partial charge in [-0.15, -0.1) is 0 Å². The second-order valence-electron chi connectivity index (χ2n) is 7.42. The van der Waals surface area contributed by atoms with Crippen LogP contribution in [-0.2, 0) is 4.79 Å². The molecule has 1 amide bonds. The van der Waals surface area contributed by atoms with E-state index in [9.17, 15) is 9.59 Å². The second kappa shape index (κ2) is 10.6. The first kappa shape index (κ1) is 23.0. The van der Waals surface area contributed by atoms with Crippen LogP contribution in [0.4, 0.5) is 0 Å². The van der Waals surface area contributed by atoms with Gasteiger partial charge >= 0.3 is 5.97 Å².